The van der Waals surface area contributed by atoms with Crippen LogP contribution in [0.1, 0.15) is 40.0 Å². The zero-order chi connectivity index (χ0) is 10.8. The Morgan fingerprint density at radius 3 is 2.86 bits per heavy atom. The highest BCUT2D eigenvalue weighted by atomic mass is 35.5. The minimum absolute atomic E-state index is 0.0132. The Hall–Kier alpha value is -0.0100. The Kier molecular flexibility index (Phi) is 4.03. The van der Waals surface area contributed by atoms with Crippen LogP contribution in [0.25, 0.3) is 0 Å². The summed E-state index contributed by atoms with van der Waals surface area (Å²) in [6.07, 6.45) is 5.80. The van der Waals surface area contributed by atoms with Crippen molar-refractivity contribution in [1.29, 1.82) is 0 Å². The fourth-order valence-corrected chi connectivity index (χ4v) is 2.68. The van der Waals surface area contributed by atoms with Gasteiger partial charge in [-0.15, -0.1) is 0 Å². The van der Waals surface area contributed by atoms with Crippen LogP contribution in [0.3, 0.4) is 0 Å². The number of ether oxygens (including phenoxy) is 1. The van der Waals surface area contributed by atoms with Crippen molar-refractivity contribution >= 4 is 11.6 Å². The zero-order valence-corrected chi connectivity index (χ0v) is 10.4. The first kappa shape index (κ1) is 12.1. The molecular formula is C12H21ClO. The molecule has 0 aromatic carbocycles. The molecule has 14 heavy (non-hydrogen) atoms. The minimum atomic E-state index is -0.202. The summed E-state index contributed by atoms with van der Waals surface area (Å²) in [6, 6.07) is 0. The summed E-state index contributed by atoms with van der Waals surface area (Å²) in [6.45, 7) is 6.69. The standard InChI is InChI=1S/C12H21ClO/c1-5-10-6-9(2)7-12(3,8-10)11(13)14-4/h8-9,11H,5-7H2,1-4H3. The first-order valence-electron chi connectivity index (χ1n) is 5.39. The van der Waals surface area contributed by atoms with Crippen molar-refractivity contribution < 1.29 is 4.74 Å². The molecule has 1 aliphatic rings. The summed E-state index contributed by atoms with van der Waals surface area (Å²) in [4.78, 5) is 0. The summed E-state index contributed by atoms with van der Waals surface area (Å²) < 4.78 is 5.25. The van der Waals surface area contributed by atoms with Gasteiger partial charge >= 0.3 is 0 Å². The monoisotopic (exact) mass is 216 g/mol. The van der Waals surface area contributed by atoms with Crippen LogP contribution < -0.4 is 0 Å². The van der Waals surface area contributed by atoms with Crippen LogP contribution in [0, 0.1) is 11.3 Å². The number of hydrogen-bond acceptors (Lipinski definition) is 1. The van der Waals surface area contributed by atoms with Gasteiger partial charge in [-0.2, -0.15) is 0 Å². The SMILES string of the molecule is CCC1=CC(C)(C(Cl)OC)CC(C)C1. The Morgan fingerprint density at radius 1 is 1.71 bits per heavy atom. The van der Waals surface area contributed by atoms with Gasteiger partial charge in [-0.25, -0.2) is 0 Å². The van der Waals surface area contributed by atoms with Crippen LogP contribution in [0.5, 0.6) is 0 Å². The van der Waals surface area contributed by atoms with Gasteiger partial charge in [0, 0.05) is 12.5 Å². The molecule has 0 amide bonds. The largest absolute Gasteiger partial charge is 0.365 e. The lowest BCUT2D eigenvalue weighted by atomic mass is 9.73. The molecule has 1 aliphatic carbocycles. The maximum absolute atomic E-state index is 6.21. The quantitative estimate of drug-likeness (QED) is 0.513. The van der Waals surface area contributed by atoms with E-state index in [-0.39, 0.29) is 11.0 Å². The van der Waals surface area contributed by atoms with Gasteiger partial charge in [0.05, 0.1) is 0 Å². The third-order valence-electron chi connectivity index (χ3n) is 3.11. The van der Waals surface area contributed by atoms with Gasteiger partial charge in [0.25, 0.3) is 0 Å². The predicted octanol–water partition coefficient (Wildman–Crippen LogP) is 3.97. The van der Waals surface area contributed by atoms with Crippen LogP contribution in [0.2, 0.25) is 0 Å². The number of hydrogen-bond donors (Lipinski definition) is 0. The highest BCUT2D eigenvalue weighted by Gasteiger charge is 2.35. The molecule has 0 saturated heterocycles. The normalized spacial score (nSPS) is 35.2. The minimum Gasteiger partial charge on any atom is -0.365 e. The number of alkyl halides is 1. The second-order valence-electron chi connectivity index (χ2n) is 4.73. The average molecular weight is 217 g/mol. The molecule has 0 bridgehead atoms. The van der Waals surface area contributed by atoms with Crippen LogP contribution in [-0.4, -0.2) is 12.7 Å². The van der Waals surface area contributed by atoms with Gasteiger partial charge in [-0.05, 0) is 25.2 Å². The van der Waals surface area contributed by atoms with Crippen LogP contribution >= 0.6 is 11.6 Å². The molecule has 2 heteroatoms. The zero-order valence-electron chi connectivity index (χ0n) is 9.64. The molecule has 0 fully saturated rings. The summed E-state index contributed by atoms with van der Waals surface area (Å²) in [5, 5.41) is 0. The highest BCUT2D eigenvalue weighted by Crippen LogP contribution is 2.42. The van der Waals surface area contributed by atoms with E-state index in [0.29, 0.717) is 0 Å². The number of methoxy groups -OCH3 is 1. The lowest BCUT2D eigenvalue weighted by Crippen LogP contribution is -2.32. The molecule has 0 heterocycles. The lowest BCUT2D eigenvalue weighted by molar-refractivity contribution is 0.0662. The van der Waals surface area contributed by atoms with E-state index in [4.69, 9.17) is 16.3 Å². The van der Waals surface area contributed by atoms with Gasteiger partial charge in [0.1, 0.15) is 5.56 Å². The molecule has 0 spiro atoms. The van der Waals surface area contributed by atoms with Gasteiger partial charge in [0.15, 0.2) is 0 Å². The molecule has 0 radical (unpaired) electrons. The van der Waals surface area contributed by atoms with Crippen LogP contribution in [0.15, 0.2) is 11.6 Å². The van der Waals surface area contributed by atoms with E-state index in [1.165, 1.54) is 12.0 Å². The molecule has 0 aromatic rings. The highest BCUT2D eigenvalue weighted by molar-refractivity contribution is 6.20. The van der Waals surface area contributed by atoms with Crippen molar-refractivity contribution in [3.63, 3.8) is 0 Å². The Labute approximate surface area is 92.5 Å². The smallest absolute Gasteiger partial charge is 0.139 e. The Balaban J connectivity index is 2.86. The van der Waals surface area contributed by atoms with Crippen molar-refractivity contribution in [2.24, 2.45) is 11.3 Å². The molecule has 1 nitrogen and oxygen atoms in total. The van der Waals surface area contributed by atoms with Crippen molar-refractivity contribution in [2.45, 2.75) is 45.6 Å². The number of halogens is 1. The third kappa shape index (κ3) is 2.52. The molecule has 3 unspecified atom stereocenters. The van der Waals surface area contributed by atoms with Crippen molar-refractivity contribution in [3.8, 4) is 0 Å². The fourth-order valence-electron chi connectivity index (χ4n) is 2.53. The molecule has 0 N–H and O–H groups in total. The van der Waals surface area contributed by atoms with Crippen LogP contribution in [-0.2, 0) is 4.74 Å². The van der Waals surface area contributed by atoms with E-state index in [9.17, 15) is 0 Å². The van der Waals surface area contributed by atoms with Crippen molar-refractivity contribution in [3.05, 3.63) is 11.6 Å². The second-order valence-corrected chi connectivity index (χ2v) is 5.12. The van der Waals surface area contributed by atoms with Crippen molar-refractivity contribution in [2.75, 3.05) is 7.11 Å². The topological polar surface area (TPSA) is 9.23 Å². The number of rotatable bonds is 3. The summed E-state index contributed by atoms with van der Waals surface area (Å²) >= 11 is 6.21. The summed E-state index contributed by atoms with van der Waals surface area (Å²) in [5.41, 5.74) is 1.33. The van der Waals surface area contributed by atoms with E-state index in [1.807, 2.05) is 0 Å². The molecule has 0 saturated carbocycles. The first-order chi connectivity index (χ1) is 6.51. The maximum Gasteiger partial charge on any atom is 0.139 e. The molecule has 82 valence electrons. The van der Waals surface area contributed by atoms with Gasteiger partial charge in [-0.3, -0.25) is 0 Å². The molecule has 0 aromatic heterocycles. The van der Waals surface area contributed by atoms with Crippen LogP contribution in [0.4, 0.5) is 0 Å². The Morgan fingerprint density at radius 2 is 2.36 bits per heavy atom. The van der Waals surface area contributed by atoms with Gasteiger partial charge in [-0.1, -0.05) is 44.0 Å². The molecule has 0 aliphatic heterocycles. The molecule has 3 atom stereocenters. The van der Waals surface area contributed by atoms with Gasteiger partial charge in [0.2, 0.25) is 0 Å². The first-order valence-corrected chi connectivity index (χ1v) is 5.83. The third-order valence-corrected chi connectivity index (χ3v) is 3.79. The van der Waals surface area contributed by atoms with Crippen molar-refractivity contribution in [1.82, 2.24) is 0 Å². The number of allylic oxidation sites excluding steroid dienone is 1. The fraction of sp³-hybridized carbons (Fsp3) is 0.833. The molecule has 1 rings (SSSR count). The van der Waals surface area contributed by atoms with E-state index in [2.05, 4.69) is 26.8 Å². The summed E-state index contributed by atoms with van der Waals surface area (Å²) in [5.74, 6) is 0.719. The van der Waals surface area contributed by atoms with E-state index in [0.717, 1.165) is 18.8 Å². The van der Waals surface area contributed by atoms with Gasteiger partial charge < -0.3 is 4.74 Å². The molecular weight excluding hydrogens is 196 g/mol. The second kappa shape index (κ2) is 4.67. The van der Waals surface area contributed by atoms with E-state index >= 15 is 0 Å². The van der Waals surface area contributed by atoms with E-state index in [1.54, 1.807) is 7.11 Å². The lowest BCUT2D eigenvalue weighted by Gasteiger charge is -2.37. The summed E-state index contributed by atoms with van der Waals surface area (Å²) in [7, 11) is 1.68. The maximum atomic E-state index is 6.21. The van der Waals surface area contributed by atoms with E-state index < -0.39 is 0 Å². The predicted molar refractivity (Wildman–Crippen MR) is 61.5 cm³/mol. The Bertz CT molecular complexity index is 224. The average Bonchev–Trinajstić information content (AvgIpc) is 2.15.